The zero-order valence-electron chi connectivity index (χ0n) is 10.3. The Kier molecular flexibility index (Phi) is 4.83. The summed E-state index contributed by atoms with van der Waals surface area (Å²) in [6, 6.07) is 8.75. The second-order valence-electron chi connectivity index (χ2n) is 4.08. The topological polar surface area (TPSA) is 9.23 Å². The normalized spacial score (nSPS) is 14.9. The van der Waals surface area contributed by atoms with Gasteiger partial charge in [-0.15, -0.1) is 0 Å². The number of hydrogen-bond donors (Lipinski definition) is 0. The van der Waals surface area contributed by atoms with E-state index in [1.807, 2.05) is 6.92 Å². The molecule has 1 rings (SSSR count). The van der Waals surface area contributed by atoms with Gasteiger partial charge in [-0.3, -0.25) is 0 Å². The Labute approximate surface area is 93.5 Å². The van der Waals surface area contributed by atoms with Gasteiger partial charge in [-0.05, 0) is 37.3 Å². The van der Waals surface area contributed by atoms with Crippen LogP contribution in [0.1, 0.15) is 57.3 Å². The Bertz CT molecular complexity index is 293. The Morgan fingerprint density at radius 3 is 2.40 bits per heavy atom. The molecule has 1 aromatic rings. The molecule has 2 unspecified atom stereocenters. The van der Waals surface area contributed by atoms with Crippen molar-refractivity contribution in [3.63, 3.8) is 0 Å². The molecule has 0 radical (unpaired) electrons. The minimum atomic E-state index is 0.207. The van der Waals surface area contributed by atoms with Crippen LogP contribution in [0.25, 0.3) is 0 Å². The zero-order valence-corrected chi connectivity index (χ0v) is 10.3. The van der Waals surface area contributed by atoms with Crippen molar-refractivity contribution in [3.8, 4) is 0 Å². The molecule has 0 fully saturated rings. The van der Waals surface area contributed by atoms with E-state index in [4.69, 9.17) is 4.74 Å². The molecular weight excluding hydrogens is 184 g/mol. The van der Waals surface area contributed by atoms with Gasteiger partial charge in [-0.2, -0.15) is 0 Å². The molecule has 0 N–H and O–H groups in total. The predicted molar refractivity (Wildman–Crippen MR) is 65.2 cm³/mol. The average Bonchev–Trinajstić information content (AvgIpc) is 2.28. The Morgan fingerprint density at radius 2 is 1.80 bits per heavy atom. The van der Waals surface area contributed by atoms with Crippen LogP contribution in [0.2, 0.25) is 0 Å². The summed E-state index contributed by atoms with van der Waals surface area (Å²) in [5.41, 5.74) is 2.70. The molecule has 1 aromatic carbocycles. The third kappa shape index (κ3) is 3.35. The predicted octanol–water partition coefficient (Wildman–Crippen LogP) is 4.30. The highest BCUT2D eigenvalue weighted by atomic mass is 16.5. The molecule has 0 aliphatic carbocycles. The van der Waals surface area contributed by atoms with Crippen LogP contribution < -0.4 is 0 Å². The maximum absolute atomic E-state index is 5.60. The van der Waals surface area contributed by atoms with Crippen molar-refractivity contribution in [2.24, 2.45) is 0 Å². The maximum Gasteiger partial charge on any atom is 0.0796 e. The lowest BCUT2D eigenvalue weighted by molar-refractivity contribution is 0.0763. The molecular formula is C14H22O. The van der Waals surface area contributed by atoms with Crippen LogP contribution in [0.3, 0.4) is 0 Å². The molecule has 1 nitrogen and oxygen atoms in total. The van der Waals surface area contributed by atoms with Gasteiger partial charge in [0.05, 0.1) is 6.10 Å². The van der Waals surface area contributed by atoms with Crippen LogP contribution in [0.4, 0.5) is 0 Å². The largest absolute Gasteiger partial charge is 0.374 e. The molecule has 2 atom stereocenters. The fraction of sp³-hybridized carbons (Fsp3) is 0.571. The highest BCUT2D eigenvalue weighted by Gasteiger charge is 2.08. The second kappa shape index (κ2) is 5.92. The molecule has 15 heavy (non-hydrogen) atoms. The molecule has 1 heteroatoms. The molecule has 84 valence electrons. The third-order valence-electron chi connectivity index (χ3n) is 2.98. The van der Waals surface area contributed by atoms with E-state index in [1.165, 1.54) is 17.5 Å². The fourth-order valence-corrected chi connectivity index (χ4v) is 1.70. The molecule has 0 spiro atoms. The lowest BCUT2D eigenvalue weighted by Crippen LogP contribution is -2.01. The summed E-state index contributed by atoms with van der Waals surface area (Å²) in [4.78, 5) is 0. The number of ether oxygens (including phenoxy) is 1. The minimum Gasteiger partial charge on any atom is -0.374 e. The van der Waals surface area contributed by atoms with Gasteiger partial charge in [0.25, 0.3) is 0 Å². The van der Waals surface area contributed by atoms with Gasteiger partial charge >= 0.3 is 0 Å². The number of hydrogen-bond acceptors (Lipinski definition) is 1. The van der Waals surface area contributed by atoms with Gasteiger partial charge in [-0.1, -0.05) is 38.1 Å². The summed E-state index contributed by atoms with van der Waals surface area (Å²) in [5.74, 6) is 0.638. The van der Waals surface area contributed by atoms with E-state index in [2.05, 4.69) is 45.0 Å². The first-order valence-electron chi connectivity index (χ1n) is 5.90. The van der Waals surface area contributed by atoms with Crippen LogP contribution in [0, 0.1) is 0 Å². The summed E-state index contributed by atoms with van der Waals surface area (Å²) < 4.78 is 5.60. The van der Waals surface area contributed by atoms with Gasteiger partial charge in [-0.25, -0.2) is 0 Å². The quantitative estimate of drug-likeness (QED) is 0.698. The minimum absolute atomic E-state index is 0.207. The number of benzene rings is 1. The zero-order chi connectivity index (χ0) is 11.3. The Morgan fingerprint density at radius 1 is 1.13 bits per heavy atom. The van der Waals surface area contributed by atoms with Crippen molar-refractivity contribution < 1.29 is 4.74 Å². The Hall–Kier alpha value is -0.820. The first-order valence-corrected chi connectivity index (χ1v) is 5.90. The van der Waals surface area contributed by atoms with Crippen LogP contribution in [-0.2, 0) is 4.74 Å². The van der Waals surface area contributed by atoms with Gasteiger partial charge in [0.1, 0.15) is 0 Å². The highest BCUT2D eigenvalue weighted by molar-refractivity contribution is 5.27. The molecule has 0 aromatic heterocycles. The van der Waals surface area contributed by atoms with Crippen molar-refractivity contribution in [2.45, 2.75) is 46.1 Å². The standard InChI is InChI=1S/C14H22O/c1-5-11(3)13-8-7-9-14(10-13)12(4)15-6-2/h7-12H,5-6H2,1-4H3. The summed E-state index contributed by atoms with van der Waals surface area (Å²) in [5, 5.41) is 0. The fourth-order valence-electron chi connectivity index (χ4n) is 1.70. The molecule has 0 saturated heterocycles. The van der Waals surface area contributed by atoms with Crippen molar-refractivity contribution in [3.05, 3.63) is 35.4 Å². The molecule has 0 heterocycles. The molecule has 0 bridgehead atoms. The summed E-state index contributed by atoms with van der Waals surface area (Å²) in [7, 11) is 0. The van der Waals surface area contributed by atoms with E-state index < -0.39 is 0 Å². The maximum atomic E-state index is 5.60. The first-order chi connectivity index (χ1) is 7.19. The van der Waals surface area contributed by atoms with E-state index in [0.717, 1.165) is 6.61 Å². The van der Waals surface area contributed by atoms with Gasteiger partial charge in [0.2, 0.25) is 0 Å². The molecule has 0 aliphatic heterocycles. The van der Waals surface area contributed by atoms with Crippen LogP contribution in [-0.4, -0.2) is 6.61 Å². The summed E-state index contributed by atoms with van der Waals surface area (Å²) in [6.45, 7) is 9.41. The smallest absolute Gasteiger partial charge is 0.0796 e. The average molecular weight is 206 g/mol. The summed E-state index contributed by atoms with van der Waals surface area (Å²) in [6.07, 6.45) is 1.39. The van der Waals surface area contributed by atoms with E-state index in [0.29, 0.717) is 5.92 Å². The van der Waals surface area contributed by atoms with Crippen LogP contribution >= 0.6 is 0 Å². The van der Waals surface area contributed by atoms with Crippen LogP contribution in [0.15, 0.2) is 24.3 Å². The van der Waals surface area contributed by atoms with Crippen molar-refractivity contribution >= 4 is 0 Å². The Balaban J connectivity index is 2.82. The third-order valence-corrected chi connectivity index (χ3v) is 2.98. The van der Waals surface area contributed by atoms with Gasteiger partial charge in [0.15, 0.2) is 0 Å². The van der Waals surface area contributed by atoms with Gasteiger partial charge in [0, 0.05) is 6.61 Å². The van der Waals surface area contributed by atoms with Crippen molar-refractivity contribution in [2.75, 3.05) is 6.61 Å². The van der Waals surface area contributed by atoms with Crippen molar-refractivity contribution in [1.29, 1.82) is 0 Å². The van der Waals surface area contributed by atoms with E-state index in [9.17, 15) is 0 Å². The van der Waals surface area contributed by atoms with Gasteiger partial charge < -0.3 is 4.74 Å². The molecule has 0 saturated carbocycles. The van der Waals surface area contributed by atoms with Crippen LogP contribution in [0.5, 0.6) is 0 Å². The lowest BCUT2D eigenvalue weighted by atomic mass is 9.96. The lowest BCUT2D eigenvalue weighted by Gasteiger charge is -2.15. The van der Waals surface area contributed by atoms with E-state index >= 15 is 0 Å². The first kappa shape index (κ1) is 12.3. The van der Waals surface area contributed by atoms with E-state index in [1.54, 1.807) is 0 Å². The molecule has 0 aliphatic rings. The van der Waals surface area contributed by atoms with E-state index in [-0.39, 0.29) is 6.10 Å². The highest BCUT2D eigenvalue weighted by Crippen LogP contribution is 2.23. The SMILES string of the molecule is CCOC(C)c1cccc(C(C)CC)c1. The monoisotopic (exact) mass is 206 g/mol. The molecule has 0 amide bonds. The second-order valence-corrected chi connectivity index (χ2v) is 4.08. The van der Waals surface area contributed by atoms with Crippen molar-refractivity contribution in [1.82, 2.24) is 0 Å². The summed E-state index contributed by atoms with van der Waals surface area (Å²) >= 11 is 0. The number of rotatable bonds is 5.